The van der Waals surface area contributed by atoms with E-state index < -0.39 is 0 Å². The van der Waals surface area contributed by atoms with Gasteiger partial charge in [-0.1, -0.05) is 13.0 Å². The Morgan fingerprint density at radius 2 is 1.92 bits per heavy atom. The molecule has 2 aromatic rings. The van der Waals surface area contributed by atoms with E-state index in [1.165, 1.54) is 0 Å². The molecule has 0 unspecified atom stereocenters. The molecule has 0 aliphatic heterocycles. The average Bonchev–Trinajstić information content (AvgIpc) is 2.66. The average molecular weight is 345 g/mol. The number of pyridine rings is 1. The lowest BCUT2D eigenvalue weighted by Crippen LogP contribution is -2.43. The molecular formula is C18H23N3O4. The third-order valence-electron chi connectivity index (χ3n) is 3.58. The summed E-state index contributed by atoms with van der Waals surface area (Å²) in [6.45, 7) is 2.15. The molecular weight excluding hydrogens is 322 g/mol. The summed E-state index contributed by atoms with van der Waals surface area (Å²) in [4.78, 5) is 15.9. The Bertz CT molecular complexity index is 655. The van der Waals surface area contributed by atoms with Crippen LogP contribution in [-0.4, -0.2) is 35.9 Å². The normalized spacial score (nSPS) is 11.5. The highest BCUT2D eigenvalue weighted by atomic mass is 16.5. The van der Waals surface area contributed by atoms with Crippen LogP contribution in [0.4, 0.5) is 4.79 Å². The van der Waals surface area contributed by atoms with Gasteiger partial charge < -0.3 is 25.2 Å². The number of aliphatic hydroxyl groups is 1. The number of aromatic nitrogens is 1. The minimum atomic E-state index is -0.320. The summed E-state index contributed by atoms with van der Waals surface area (Å²) in [5, 5.41) is 14.5. The molecule has 0 aliphatic carbocycles. The molecule has 7 nitrogen and oxygen atoms in total. The largest absolute Gasteiger partial charge is 0.497 e. The van der Waals surface area contributed by atoms with Crippen LogP contribution in [0.3, 0.4) is 0 Å². The zero-order valence-electron chi connectivity index (χ0n) is 14.4. The van der Waals surface area contributed by atoms with Crippen LogP contribution in [0.15, 0.2) is 42.6 Å². The minimum Gasteiger partial charge on any atom is -0.497 e. The Morgan fingerprint density at radius 3 is 2.48 bits per heavy atom. The van der Waals surface area contributed by atoms with E-state index in [-0.39, 0.29) is 18.7 Å². The van der Waals surface area contributed by atoms with Crippen molar-refractivity contribution in [2.45, 2.75) is 25.9 Å². The number of benzene rings is 1. The van der Waals surface area contributed by atoms with Crippen LogP contribution in [0.5, 0.6) is 17.4 Å². The van der Waals surface area contributed by atoms with E-state index in [1.54, 1.807) is 31.5 Å². The summed E-state index contributed by atoms with van der Waals surface area (Å²) >= 11 is 0. The first-order valence-corrected chi connectivity index (χ1v) is 8.06. The number of carbonyl (C=O) groups excluding carboxylic acids is 1. The second-order valence-electron chi connectivity index (χ2n) is 5.40. The van der Waals surface area contributed by atoms with E-state index in [0.717, 1.165) is 11.3 Å². The first-order valence-electron chi connectivity index (χ1n) is 8.06. The van der Waals surface area contributed by atoms with Crippen molar-refractivity contribution in [2.75, 3.05) is 13.7 Å². The summed E-state index contributed by atoms with van der Waals surface area (Å²) in [6.07, 6.45) is 2.31. The highest BCUT2D eigenvalue weighted by Gasteiger charge is 2.08. The lowest BCUT2D eigenvalue weighted by molar-refractivity contribution is 0.214. The fraction of sp³-hybridized carbons (Fsp3) is 0.333. The molecule has 1 heterocycles. The number of nitrogens with one attached hydrogen (secondary N) is 2. The van der Waals surface area contributed by atoms with Crippen molar-refractivity contribution in [3.8, 4) is 17.4 Å². The molecule has 1 atom stereocenters. The van der Waals surface area contributed by atoms with Crippen LogP contribution in [0.1, 0.15) is 18.9 Å². The summed E-state index contributed by atoms with van der Waals surface area (Å²) in [7, 11) is 1.61. The third kappa shape index (κ3) is 5.96. The molecule has 1 aromatic carbocycles. The maximum atomic E-state index is 11.7. The molecule has 7 heteroatoms. The zero-order valence-corrected chi connectivity index (χ0v) is 14.4. The van der Waals surface area contributed by atoms with E-state index in [9.17, 15) is 4.79 Å². The van der Waals surface area contributed by atoms with E-state index in [2.05, 4.69) is 15.6 Å². The number of methoxy groups -OCH3 is 1. The highest BCUT2D eigenvalue weighted by molar-refractivity contribution is 5.74. The smallest absolute Gasteiger partial charge is 0.315 e. The number of aliphatic hydroxyl groups excluding tert-OH is 1. The number of urea groups is 1. The molecule has 0 spiro atoms. The first kappa shape index (κ1) is 18.5. The van der Waals surface area contributed by atoms with Crippen LogP contribution in [0.25, 0.3) is 0 Å². The Kier molecular flexibility index (Phi) is 7.03. The van der Waals surface area contributed by atoms with Crippen LogP contribution in [-0.2, 0) is 6.54 Å². The molecule has 2 rings (SSSR count). The Morgan fingerprint density at radius 1 is 1.20 bits per heavy atom. The van der Waals surface area contributed by atoms with Gasteiger partial charge in [0.25, 0.3) is 0 Å². The molecule has 134 valence electrons. The summed E-state index contributed by atoms with van der Waals surface area (Å²) in [5.41, 5.74) is 0.842. The van der Waals surface area contributed by atoms with Gasteiger partial charge in [0.15, 0.2) is 0 Å². The number of hydrogen-bond donors (Lipinski definition) is 3. The number of rotatable bonds is 8. The van der Waals surface area contributed by atoms with Gasteiger partial charge in [0.1, 0.15) is 11.5 Å². The van der Waals surface area contributed by atoms with Crippen molar-refractivity contribution >= 4 is 6.03 Å². The van der Waals surface area contributed by atoms with E-state index in [4.69, 9.17) is 14.6 Å². The van der Waals surface area contributed by atoms with Gasteiger partial charge in [-0.3, -0.25) is 0 Å². The Labute approximate surface area is 147 Å². The van der Waals surface area contributed by atoms with Gasteiger partial charge >= 0.3 is 6.03 Å². The summed E-state index contributed by atoms with van der Waals surface area (Å²) < 4.78 is 10.7. The predicted octanol–water partition coefficient (Wildman–Crippen LogP) is 2.45. The Hall–Kier alpha value is -2.80. The van der Waals surface area contributed by atoms with Crippen molar-refractivity contribution < 1.29 is 19.4 Å². The van der Waals surface area contributed by atoms with Crippen molar-refractivity contribution in [1.29, 1.82) is 0 Å². The molecule has 0 bridgehead atoms. The number of hydrogen-bond acceptors (Lipinski definition) is 5. The van der Waals surface area contributed by atoms with E-state index in [1.807, 2.05) is 25.1 Å². The molecule has 0 saturated carbocycles. The second-order valence-corrected chi connectivity index (χ2v) is 5.40. The number of ether oxygens (including phenoxy) is 2. The number of nitrogens with zero attached hydrogens (tertiary/aromatic N) is 1. The molecule has 0 aliphatic rings. The molecule has 0 fully saturated rings. The number of amides is 2. The third-order valence-corrected chi connectivity index (χ3v) is 3.58. The van der Waals surface area contributed by atoms with E-state index >= 15 is 0 Å². The Balaban J connectivity index is 1.83. The van der Waals surface area contributed by atoms with Crippen molar-refractivity contribution in [2.24, 2.45) is 0 Å². The van der Waals surface area contributed by atoms with E-state index in [0.29, 0.717) is 24.6 Å². The molecule has 0 saturated heterocycles. The highest BCUT2D eigenvalue weighted by Crippen LogP contribution is 2.22. The SMILES string of the molecule is CC[C@@H](CO)NC(=O)NCc1ccc(Oc2ccc(OC)cc2)nc1. The quantitative estimate of drug-likeness (QED) is 0.683. The maximum absolute atomic E-state index is 11.7. The van der Waals surface area contributed by atoms with Crippen molar-refractivity contribution in [1.82, 2.24) is 15.6 Å². The molecule has 0 radical (unpaired) electrons. The van der Waals surface area contributed by atoms with Crippen LogP contribution in [0, 0.1) is 0 Å². The van der Waals surface area contributed by atoms with Gasteiger partial charge in [-0.25, -0.2) is 9.78 Å². The lowest BCUT2D eigenvalue weighted by Gasteiger charge is -2.14. The van der Waals surface area contributed by atoms with Gasteiger partial charge in [-0.2, -0.15) is 0 Å². The molecule has 3 N–H and O–H groups in total. The fourth-order valence-corrected chi connectivity index (χ4v) is 2.04. The standard InChI is InChI=1S/C18H23N3O4/c1-3-14(12-22)21-18(23)20-11-13-4-9-17(19-10-13)25-16-7-5-15(24-2)6-8-16/h4-10,14,22H,3,11-12H2,1-2H3,(H2,20,21,23)/t14-/m0/s1. The summed E-state index contributed by atoms with van der Waals surface area (Å²) in [6, 6.07) is 10.2. The minimum absolute atomic E-state index is 0.0805. The van der Waals surface area contributed by atoms with Crippen molar-refractivity contribution in [3.05, 3.63) is 48.2 Å². The van der Waals surface area contributed by atoms with Crippen LogP contribution in [0.2, 0.25) is 0 Å². The van der Waals surface area contributed by atoms with Gasteiger partial charge in [-0.15, -0.1) is 0 Å². The lowest BCUT2D eigenvalue weighted by atomic mass is 10.2. The molecule has 25 heavy (non-hydrogen) atoms. The van der Waals surface area contributed by atoms with Crippen LogP contribution >= 0.6 is 0 Å². The molecule has 2 amide bonds. The van der Waals surface area contributed by atoms with Crippen molar-refractivity contribution in [3.63, 3.8) is 0 Å². The fourth-order valence-electron chi connectivity index (χ4n) is 2.04. The summed E-state index contributed by atoms with van der Waals surface area (Å²) in [5.74, 6) is 1.88. The maximum Gasteiger partial charge on any atom is 0.315 e. The predicted molar refractivity (Wildman–Crippen MR) is 93.8 cm³/mol. The van der Waals surface area contributed by atoms with Crippen LogP contribution < -0.4 is 20.1 Å². The second kappa shape index (κ2) is 9.48. The first-order chi connectivity index (χ1) is 12.1. The monoisotopic (exact) mass is 345 g/mol. The van der Waals surface area contributed by atoms with Gasteiger partial charge in [0, 0.05) is 18.8 Å². The van der Waals surface area contributed by atoms with Gasteiger partial charge in [0.2, 0.25) is 5.88 Å². The molecule has 1 aromatic heterocycles. The number of carbonyl (C=O) groups is 1. The van der Waals surface area contributed by atoms with Gasteiger partial charge in [-0.05, 0) is 36.2 Å². The zero-order chi connectivity index (χ0) is 18.1. The van der Waals surface area contributed by atoms with Gasteiger partial charge in [0.05, 0.1) is 19.8 Å². The topological polar surface area (TPSA) is 92.7 Å².